The number of piperidine rings is 1. The average molecular weight is 485 g/mol. The zero-order chi connectivity index (χ0) is 22.5. The molecule has 1 aliphatic heterocycles. The number of rotatable bonds is 6. The van der Waals surface area contributed by atoms with Crippen LogP contribution in [0.2, 0.25) is 5.02 Å². The molecule has 33 heavy (non-hydrogen) atoms. The number of nitrogens with zero attached hydrogens (tertiary/aromatic N) is 1. The van der Waals surface area contributed by atoms with Crippen LogP contribution in [-0.2, 0) is 4.74 Å². The molecule has 1 saturated heterocycles. The lowest BCUT2D eigenvalue weighted by atomic mass is 9.83. The molecule has 3 aromatic rings. The topological polar surface area (TPSA) is 55.6 Å². The van der Waals surface area contributed by atoms with Gasteiger partial charge in [-0.2, -0.15) is 0 Å². The predicted octanol–water partition coefficient (Wildman–Crippen LogP) is 6.52. The standard InChI is InChI=1S/C27H29ClN2O2.ClH/c1-2-32-27(31)21-9-13-23(14-10-21)30-17-15-20(16-18-30)26(29)25-6-4-3-5-24(25)19-7-11-22(28)12-8-19;/h3-14,20,26H,2,15-18,29H2,1H3;1H. The zero-order valence-electron chi connectivity index (χ0n) is 18.7. The minimum atomic E-state index is -0.275. The fourth-order valence-corrected chi connectivity index (χ4v) is 4.60. The van der Waals surface area contributed by atoms with Crippen molar-refractivity contribution in [2.45, 2.75) is 25.8 Å². The van der Waals surface area contributed by atoms with E-state index in [1.165, 1.54) is 11.1 Å². The lowest BCUT2D eigenvalue weighted by Crippen LogP contribution is -2.37. The maximum Gasteiger partial charge on any atom is 0.338 e. The average Bonchev–Trinajstić information content (AvgIpc) is 2.84. The largest absolute Gasteiger partial charge is 0.462 e. The number of carbonyl (C=O) groups is 1. The van der Waals surface area contributed by atoms with Gasteiger partial charge in [-0.1, -0.05) is 48.0 Å². The molecular weight excluding hydrogens is 455 g/mol. The van der Waals surface area contributed by atoms with Gasteiger partial charge in [0.05, 0.1) is 12.2 Å². The van der Waals surface area contributed by atoms with Crippen molar-refractivity contribution in [1.29, 1.82) is 0 Å². The van der Waals surface area contributed by atoms with Crippen LogP contribution in [0.4, 0.5) is 5.69 Å². The summed E-state index contributed by atoms with van der Waals surface area (Å²) in [7, 11) is 0. The van der Waals surface area contributed by atoms with Crippen molar-refractivity contribution in [1.82, 2.24) is 0 Å². The summed E-state index contributed by atoms with van der Waals surface area (Å²) in [6.45, 7) is 4.09. The molecule has 0 aliphatic carbocycles. The molecule has 1 fully saturated rings. The van der Waals surface area contributed by atoms with Gasteiger partial charge in [-0.05, 0) is 78.8 Å². The summed E-state index contributed by atoms with van der Waals surface area (Å²) < 4.78 is 5.07. The van der Waals surface area contributed by atoms with Gasteiger partial charge in [-0.15, -0.1) is 12.4 Å². The third-order valence-electron chi connectivity index (χ3n) is 6.27. The van der Waals surface area contributed by atoms with Crippen molar-refractivity contribution in [3.63, 3.8) is 0 Å². The summed E-state index contributed by atoms with van der Waals surface area (Å²) >= 11 is 6.07. The first-order valence-electron chi connectivity index (χ1n) is 11.2. The fourth-order valence-electron chi connectivity index (χ4n) is 4.47. The Bertz CT molecular complexity index is 1050. The molecule has 0 aromatic heterocycles. The lowest BCUT2D eigenvalue weighted by molar-refractivity contribution is 0.0526. The Labute approximate surface area is 207 Å². The van der Waals surface area contributed by atoms with Crippen molar-refractivity contribution in [2.24, 2.45) is 11.7 Å². The number of nitrogens with two attached hydrogens (primary N) is 1. The van der Waals surface area contributed by atoms with Crippen LogP contribution in [-0.4, -0.2) is 25.7 Å². The Balaban J connectivity index is 0.00000306. The van der Waals surface area contributed by atoms with E-state index in [-0.39, 0.29) is 24.4 Å². The second-order valence-electron chi connectivity index (χ2n) is 8.21. The molecule has 1 aliphatic rings. The lowest BCUT2D eigenvalue weighted by Gasteiger charge is -2.36. The van der Waals surface area contributed by atoms with E-state index in [1.54, 1.807) is 0 Å². The smallest absolute Gasteiger partial charge is 0.338 e. The van der Waals surface area contributed by atoms with E-state index in [1.807, 2.05) is 43.3 Å². The van der Waals surface area contributed by atoms with E-state index >= 15 is 0 Å². The van der Waals surface area contributed by atoms with Crippen molar-refractivity contribution in [3.8, 4) is 11.1 Å². The monoisotopic (exact) mass is 484 g/mol. The Kier molecular flexibility index (Phi) is 8.79. The highest BCUT2D eigenvalue weighted by Gasteiger charge is 2.27. The molecule has 2 N–H and O–H groups in total. The van der Waals surface area contributed by atoms with Crippen molar-refractivity contribution < 1.29 is 9.53 Å². The van der Waals surface area contributed by atoms with Crippen molar-refractivity contribution in [3.05, 3.63) is 88.9 Å². The molecule has 0 amide bonds. The molecule has 4 rings (SSSR count). The molecule has 6 heteroatoms. The van der Waals surface area contributed by atoms with Gasteiger partial charge in [0.1, 0.15) is 0 Å². The van der Waals surface area contributed by atoms with Gasteiger partial charge in [-0.25, -0.2) is 4.79 Å². The number of hydrogen-bond donors (Lipinski definition) is 1. The van der Waals surface area contributed by atoms with Crippen LogP contribution in [0.1, 0.15) is 41.7 Å². The predicted molar refractivity (Wildman–Crippen MR) is 138 cm³/mol. The van der Waals surface area contributed by atoms with Gasteiger partial charge in [0.15, 0.2) is 0 Å². The highest BCUT2D eigenvalue weighted by atomic mass is 35.5. The molecule has 174 valence electrons. The summed E-state index contributed by atoms with van der Waals surface area (Å²) in [4.78, 5) is 14.2. The Morgan fingerprint density at radius 1 is 1.03 bits per heavy atom. The minimum Gasteiger partial charge on any atom is -0.462 e. The van der Waals surface area contributed by atoms with Gasteiger partial charge in [0.2, 0.25) is 0 Å². The van der Waals surface area contributed by atoms with Crippen molar-refractivity contribution >= 4 is 35.7 Å². The van der Waals surface area contributed by atoms with Crippen LogP contribution in [0.3, 0.4) is 0 Å². The highest BCUT2D eigenvalue weighted by molar-refractivity contribution is 6.30. The molecule has 1 atom stereocenters. The minimum absolute atomic E-state index is 0. The maximum atomic E-state index is 11.9. The molecule has 0 radical (unpaired) electrons. The third kappa shape index (κ3) is 5.89. The SMILES string of the molecule is CCOC(=O)c1ccc(N2CCC(C(N)c3ccccc3-c3ccc(Cl)cc3)CC2)cc1.Cl. The first-order chi connectivity index (χ1) is 15.6. The molecule has 0 bridgehead atoms. The van der Waals surface area contributed by atoms with E-state index in [2.05, 4.69) is 41.3 Å². The van der Waals surface area contributed by atoms with Gasteiger partial charge < -0.3 is 15.4 Å². The number of hydrogen-bond acceptors (Lipinski definition) is 4. The number of esters is 1. The van der Waals surface area contributed by atoms with E-state index in [9.17, 15) is 4.79 Å². The summed E-state index contributed by atoms with van der Waals surface area (Å²) in [6, 6.07) is 24.0. The van der Waals surface area contributed by atoms with E-state index in [0.29, 0.717) is 18.1 Å². The Hall–Kier alpha value is -2.53. The first-order valence-corrected chi connectivity index (χ1v) is 11.6. The van der Waals surface area contributed by atoms with Gasteiger partial charge in [0, 0.05) is 29.8 Å². The van der Waals surface area contributed by atoms with E-state index in [4.69, 9.17) is 22.1 Å². The second kappa shape index (κ2) is 11.6. The number of anilines is 1. The number of halogens is 2. The molecular formula is C27H30Cl2N2O2. The maximum absolute atomic E-state index is 11.9. The third-order valence-corrected chi connectivity index (χ3v) is 6.52. The van der Waals surface area contributed by atoms with E-state index < -0.39 is 0 Å². The first kappa shape index (κ1) is 25.1. The van der Waals surface area contributed by atoms with Crippen LogP contribution < -0.4 is 10.6 Å². The Morgan fingerprint density at radius 2 is 1.67 bits per heavy atom. The summed E-state index contributed by atoms with van der Waals surface area (Å²) in [5.41, 5.74) is 12.0. The highest BCUT2D eigenvalue weighted by Crippen LogP contribution is 2.36. The van der Waals surface area contributed by atoms with E-state index in [0.717, 1.165) is 42.2 Å². The fraction of sp³-hybridized carbons (Fsp3) is 0.296. The molecule has 3 aromatic carbocycles. The summed E-state index contributed by atoms with van der Waals surface area (Å²) in [5, 5.41) is 0.734. The van der Waals surface area contributed by atoms with Gasteiger partial charge in [-0.3, -0.25) is 0 Å². The van der Waals surface area contributed by atoms with Crippen LogP contribution in [0.5, 0.6) is 0 Å². The molecule has 4 nitrogen and oxygen atoms in total. The second-order valence-corrected chi connectivity index (χ2v) is 8.65. The summed E-state index contributed by atoms with van der Waals surface area (Å²) in [5.74, 6) is 0.140. The quantitative estimate of drug-likeness (QED) is 0.404. The summed E-state index contributed by atoms with van der Waals surface area (Å²) in [6.07, 6.45) is 2.05. The van der Waals surface area contributed by atoms with Gasteiger partial charge >= 0.3 is 5.97 Å². The molecule has 0 saturated carbocycles. The van der Waals surface area contributed by atoms with Crippen LogP contribution in [0.15, 0.2) is 72.8 Å². The van der Waals surface area contributed by atoms with Crippen LogP contribution in [0, 0.1) is 5.92 Å². The molecule has 1 unspecified atom stereocenters. The number of ether oxygens (including phenoxy) is 1. The number of benzene rings is 3. The van der Waals surface area contributed by atoms with Crippen LogP contribution >= 0.6 is 24.0 Å². The molecule has 0 spiro atoms. The zero-order valence-corrected chi connectivity index (χ0v) is 20.3. The van der Waals surface area contributed by atoms with Crippen LogP contribution in [0.25, 0.3) is 11.1 Å². The number of carbonyl (C=O) groups excluding carboxylic acids is 1. The molecule has 1 heterocycles. The van der Waals surface area contributed by atoms with Crippen molar-refractivity contribution in [2.75, 3.05) is 24.6 Å². The van der Waals surface area contributed by atoms with Gasteiger partial charge in [0.25, 0.3) is 0 Å². The Morgan fingerprint density at radius 3 is 2.30 bits per heavy atom. The normalized spacial score (nSPS) is 14.9.